The zero-order chi connectivity index (χ0) is 18.1. The van der Waals surface area contributed by atoms with E-state index in [1.165, 1.54) is 5.48 Å². The molecule has 0 aliphatic rings. The minimum absolute atomic E-state index is 0.0763. The lowest BCUT2D eigenvalue weighted by molar-refractivity contribution is -0.130. The van der Waals surface area contributed by atoms with E-state index in [2.05, 4.69) is 5.32 Å². The van der Waals surface area contributed by atoms with Crippen molar-refractivity contribution in [2.75, 3.05) is 6.54 Å². The first-order valence-electron chi connectivity index (χ1n) is 8.20. The van der Waals surface area contributed by atoms with Crippen LogP contribution in [-0.2, 0) is 16.0 Å². The molecule has 0 saturated heterocycles. The molecule has 0 aromatic heterocycles. The molecule has 0 saturated carbocycles. The summed E-state index contributed by atoms with van der Waals surface area (Å²) in [5.41, 5.74) is 10.2. The van der Waals surface area contributed by atoms with E-state index in [0.29, 0.717) is 25.8 Å². The average molecular weight is 341 g/mol. The second-order valence-electron chi connectivity index (χ2n) is 5.81. The SMILES string of the molecule is N[C@@H](CCCNC(=O)Cc1ccc(-c2ccccc2)cc1)C(=O)NO. The zero-order valence-corrected chi connectivity index (χ0v) is 13.9. The van der Waals surface area contributed by atoms with Gasteiger partial charge in [-0.3, -0.25) is 14.8 Å². The summed E-state index contributed by atoms with van der Waals surface area (Å²) in [7, 11) is 0. The number of hydrogen-bond donors (Lipinski definition) is 4. The molecular formula is C19H23N3O3. The molecule has 5 N–H and O–H groups in total. The summed E-state index contributed by atoms with van der Waals surface area (Å²) in [5, 5.41) is 11.3. The molecule has 2 amide bonds. The molecule has 0 unspecified atom stereocenters. The topological polar surface area (TPSA) is 104 Å². The van der Waals surface area contributed by atoms with Gasteiger partial charge in [-0.05, 0) is 29.5 Å². The molecule has 2 aromatic carbocycles. The van der Waals surface area contributed by atoms with Gasteiger partial charge in [0.25, 0.3) is 5.91 Å². The van der Waals surface area contributed by atoms with Crippen molar-refractivity contribution in [1.29, 1.82) is 0 Å². The second-order valence-corrected chi connectivity index (χ2v) is 5.81. The zero-order valence-electron chi connectivity index (χ0n) is 13.9. The van der Waals surface area contributed by atoms with E-state index in [1.807, 2.05) is 54.6 Å². The van der Waals surface area contributed by atoms with Crippen LogP contribution in [0, 0.1) is 0 Å². The van der Waals surface area contributed by atoms with E-state index in [0.717, 1.165) is 16.7 Å². The van der Waals surface area contributed by atoms with E-state index in [1.54, 1.807) is 0 Å². The maximum absolute atomic E-state index is 11.9. The molecule has 0 spiro atoms. The molecule has 0 aliphatic heterocycles. The lowest BCUT2D eigenvalue weighted by Gasteiger charge is -2.10. The van der Waals surface area contributed by atoms with Crippen LogP contribution in [0.25, 0.3) is 11.1 Å². The Morgan fingerprint density at radius 2 is 1.64 bits per heavy atom. The van der Waals surface area contributed by atoms with Crippen molar-refractivity contribution in [2.24, 2.45) is 5.73 Å². The van der Waals surface area contributed by atoms with E-state index < -0.39 is 11.9 Å². The van der Waals surface area contributed by atoms with Crippen LogP contribution >= 0.6 is 0 Å². The molecule has 1 atom stereocenters. The third-order valence-corrected chi connectivity index (χ3v) is 3.89. The summed E-state index contributed by atoms with van der Waals surface area (Å²) in [6.45, 7) is 0.438. The van der Waals surface area contributed by atoms with Crippen molar-refractivity contribution in [3.05, 3.63) is 60.2 Å². The van der Waals surface area contributed by atoms with Gasteiger partial charge in [-0.25, -0.2) is 5.48 Å². The van der Waals surface area contributed by atoms with Gasteiger partial charge >= 0.3 is 0 Å². The van der Waals surface area contributed by atoms with Gasteiger partial charge in [-0.2, -0.15) is 0 Å². The van der Waals surface area contributed by atoms with Gasteiger partial charge in [-0.15, -0.1) is 0 Å². The molecule has 6 nitrogen and oxygen atoms in total. The van der Waals surface area contributed by atoms with E-state index in [-0.39, 0.29) is 5.91 Å². The molecule has 0 heterocycles. The normalized spacial score (nSPS) is 11.6. The van der Waals surface area contributed by atoms with E-state index in [4.69, 9.17) is 10.9 Å². The number of carbonyl (C=O) groups is 2. The Hall–Kier alpha value is -2.70. The van der Waals surface area contributed by atoms with E-state index in [9.17, 15) is 9.59 Å². The quantitative estimate of drug-likeness (QED) is 0.333. The number of nitrogens with two attached hydrogens (primary N) is 1. The second kappa shape index (κ2) is 9.56. The first-order valence-corrected chi connectivity index (χ1v) is 8.20. The lowest BCUT2D eigenvalue weighted by Crippen LogP contribution is -2.39. The van der Waals surface area contributed by atoms with Crippen LogP contribution in [0.15, 0.2) is 54.6 Å². The molecule has 6 heteroatoms. The van der Waals surface area contributed by atoms with Crippen LogP contribution in [0.5, 0.6) is 0 Å². The highest BCUT2D eigenvalue weighted by Gasteiger charge is 2.11. The molecule has 0 aliphatic carbocycles. The monoisotopic (exact) mass is 341 g/mol. The number of hydroxylamine groups is 1. The van der Waals surface area contributed by atoms with Crippen molar-refractivity contribution in [1.82, 2.24) is 10.8 Å². The number of nitrogens with one attached hydrogen (secondary N) is 2. The van der Waals surface area contributed by atoms with Crippen LogP contribution in [0.3, 0.4) is 0 Å². The molecule has 132 valence electrons. The van der Waals surface area contributed by atoms with E-state index >= 15 is 0 Å². The van der Waals surface area contributed by atoms with Crippen molar-refractivity contribution in [2.45, 2.75) is 25.3 Å². The predicted molar refractivity (Wildman–Crippen MR) is 95.7 cm³/mol. The van der Waals surface area contributed by atoms with Crippen molar-refractivity contribution in [3.63, 3.8) is 0 Å². The highest BCUT2D eigenvalue weighted by molar-refractivity contribution is 5.80. The fraction of sp³-hybridized carbons (Fsp3) is 0.263. The van der Waals surface area contributed by atoms with Crippen LogP contribution in [0.2, 0.25) is 0 Å². The minimum Gasteiger partial charge on any atom is -0.356 e. The van der Waals surface area contributed by atoms with Crippen LogP contribution in [0.4, 0.5) is 0 Å². The maximum atomic E-state index is 11.9. The Morgan fingerprint density at radius 1 is 1.00 bits per heavy atom. The lowest BCUT2D eigenvalue weighted by atomic mass is 10.0. The van der Waals surface area contributed by atoms with Gasteiger partial charge < -0.3 is 11.1 Å². The fourth-order valence-electron chi connectivity index (χ4n) is 2.46. The first-order chi connectivity index (χ1) is 12.1. The van der Waals surface area contributed by atoms with Crippen molar-refractivity contribution >= 4 is 11.8 Å². The highest BCUT2D eigenvalue weighted by Crippen LogP contribution is 2.19. The van der Waals surface area contributed by atoms with Crippen molar-refractivity contribution in [3.8, 4) is 11.1 Å². The molecule has 0 fully saturated rings. The molecule has 25 heavy (non-hydrogen) atoms. The van der Waals surface area contributed by atoms with Crippen LogP contribution < -0.4 is 16.5 Å². The van der Waals surface area contributed by atoms with Gasteiger partial charge in [-0.1, -0.05) is 54.6 Å². The summed E-state index contributed by atoms with van der Waals surface area (Å²) >= 11 is 0. The Bertz CT molecular complexity index is 687. The maximum Gasteiger partial charge on any atom is 0.260 e. The van der Waals surface area contributed by atoms with Gasteiger partial charge in [0.1, 0.15) is 0 Å². The third kappa shape index (κ3) is 6.02. The number of benzene rings is 2. The van der Waals surface area contributed by atoms with Gasteiger partial charge in [0.05, 0.1) is 12.5 Å². The minimum atomic E-state index is -0.771. The van der Waals surface area contributed by atoms with Gasteiger partial charge in [0, 0.05) is 6.54 Å². The van der Waals surface area contributed by atoms with Gasteiger partial charge in [0.2, 0.25) is 5.91 Å². The Morgan fingerprint density at radius 3 is 2.28 bits per heavy atom. The van der Waals surface area contributed by atoms with Crippen LogP contribution in [-0.4, -0.2) is 29.6 Å². The standard InChI is InChI=1S/C19H23N3O3/c20-17(19(24)22-25)7-4-12-21-18(23)13-14-8-10-16(11-9-14)15-5-2-1-3-6-15/h1-3,5-6,8-11,17,25H,4,7,12-13,20H2,(H,21,23)(H,22,24)/t17-/m0/s1. The largest absolute Gasteiger partial charge is 0.356 e. The first kappa shape index (κ1) is 18.6. The molecule has 2 rings (SSSR count). The number of rotatable bonds is 8. The van der Waals surface area contributed by atoms with Gasteiger partial charge in [0.15, 0.2) is 0 Å². The number of amides is 2. The summed E-state index contributed by atoms with van der Waals surface area (Å²) in [6, 6.07) is 17.2. The average Bonchev–Trinajstić information content (AvgIpc) is 2.65. The Balaban J connectivity index is 1.74. The Labute approximate surface area is 147 Å². The predicted octanol–water partition coefficient (Wildman–Crippen LogP) is 1.63. The molecule has 0 radical (unpaired) electrons. The summed E-state index contributed by atoms with van der Waals surface area (Å²) < 4.78 is 0. The fourth-order valence-corrected chi connectivity index (χ4v) is 2.46. The summed E-state index contributed by atoms with van der Waals surface area (Å²) in [5.74, 6) is -0.697. The van der Waals surface area contributed by atoms with Crippen LogP contribution in [0.1, 0.15) is 18.4 Å². The number of carbonyl (C=O) groups excluding carboxylic acids is 2. The Kier molecular flexibility index (Phi) is 7.13. The molecule has 0 bridgehead atoms. The summed E-state index contributed by atoms with van der Waals surface area (Å²) in [6.07, 6.45) is 1.25. The smallest absolute Gasteiger partial charge is 0.260 e. The highest BCUT2D eigenvalue weighted by atomic mass is 16.5. The third-order valence-electron chi connectivity index (χ3n) is 3.89. The summed E-state index contributed by atoms with van der Waals surface area (Å²) in [4.78, 5) is 23.0. The molecule has 2 aromatic rings. The number of hydrogen-bond acceptors (Lipinski definition) is 4. The van der Waals surface area contributed by atoms with Crippen molar-refractivity contribution < 1.29 is 14.8 Å². The molecular weight excluding hydrogens is 318 g/mol.